The fourth-order valence-corrected chi connectivity index (χ4v) is 3.85. The average molecular weight is 249 g/mol. The molecule has 2 N–H and O–H groups in total. The molecule has 1 aliphatic heterocycles. The molecule has 1 heterocycles. The van der Waals surface area contributed by atoms with Crippen LogP contribution >= 0.6 is 35.7 Å². The number of hydrogen-bond donors (Lipinski definition) is 2. The first-order chi connectivity index (χ1) is 6.58. The number of thiocarbonyl (C=S) groups is 1. The highest BCUT2D eigenvalue weighted by atomic mass is 32.2. The van der Waals surface area contributed by atoms with Gasteiger partial charge >= 0.3 is 0 Å². The maximum atomic E-state index is 4.94. The smallest absolute Gasteiger partial charge is 0.186 e. The summed E-state index contributed by atoms with van der Waals surface area (Å²) in [4.78, 5) is 0. The van der Waals surface area contributed by atoms with Crippen molar-refractivity contribution in [2.24, 2.45) is 5.10 Å². The van der Waals surface area contributed by atoms with Gasteiger partial charge in [0.15, 0.2) is 5.11 Å². The summed E-state index contributed by atoms with van der Waals surface area (Å²) in [6, 6.07) is 0. The van der Waals surface area contributed by atoms with E-state index < -0.39 is 0 Å². The largest absolute Gasteiger partial charge is 0.364 e. The second-order valence-electron chi connectivity index (χ2n) is 3.03. The number of hydrazone groups is 1. The monoisotopic (exact) mass is 249 g/mol. The fraction of sp³-hybridized carbons (Fsp3) is 0.750. The second kappa shape index (κ2) is 5.23. The SMILES string of the molecule is CNC(=S)N/N=C(\C)C1(C)SCCS1. The number of rotatable bonds is 2. The van der Waals surface area contributed by atoms with Crippen molar-refractivity contribution in [3.05, 3.63) is 0 Å². The van der Waals surface area contributed by atoms with E-state index in [1.165, 1.54) is 11.5 Å². The van der Waals surface area contributed by atoms with Crippen LogP contribution in [-0.2, 0) is 0 Å². The molecule has 0 radical (unpaired) electrons. The highest BCUT2D eigenvalue weighted by Crippen LogP contribution is 2.44. The van der Waals surface area contributed by atoms with Crippen LogP contribution in [0.4, 0.5) is 0 Å². The van der Waals surface area contributed by atoms with Crippen LogP contribution < -0.4 is 10.7 Å². The lowest BCUT2D eigenvalue weighted by Crippen LogP contribution is -2.32. The van der Waals surface area contributed by atoms with Crippen LogP contribution in [0.15, 0.2) is 5.10 Å². The van der Waals surface area contributed by atoms with Crippen molar-refractivity contribution in [1.82, 2.24) is 10.7 Å². The Kier molecular flexibility index (Phi) is 4.53. The Hall–Kier alpha value is 0.0600. The van der Waals surface area contributed by atoms with E-state index in [2.05, 4.69) is 22.8 Å². The standard InChI is InChI=1S/C8H15N3S3/c1-6(10-11-7(12)9-3)8(2)13-4-5-14-8/h4-5H2,1-3H3,(H2,9,11,12)/b10-6+. The van der Waals surface area contributed by atoms with E-state index in [1.54, 1.807) is 7.05 Å². The first kappa shape index (κ1) is 12.1. The van der Waals surface area contributed by atoms with Gasteiger partial charge in [-0.15, -0.1) is 23.5 Å². The predicted molar refractivity (Wildman–Crippen MR) is 71.2 cm³/mol. The van der Waals surface area contributed by atoms with Crippen molar-refractivity contribution in [3.8, 4) is 0 Å². The zero-order valence-electron chi connectivity index (χ0n) is 8.59. The molecule has 0 aromatic heterocycles. The molecule has 1 saturated heterocycles. The highest BCUT2D eigenvalue weighted by Gasteiger charge is 2.33. The van der Waals surface area contributed by atoms with Crippen molar-refractivity contribution >= 4 is 46.6 Å². The van der Waals surface area contributed by atoms with E-state index in [0.29, 0.717) is 5.11 Å². The molecule has 0 unspecified atom stereocenters. The Balaban J connectivity index is 2.54. The molecule has 1 rings (SSSR count). The first-order valence-electron chi connectivity index (χ1n) is 4.39. The van der Waals surface area contributed by atoms with Gasteiger partial charge in [0, 0.05) is 18.6 Å². The predicted octanol–water partition coefficient (Wildman–Crippen LogP) is 1.65. The van der Waals surface area contributed by atoms with E-state index in [9.17, 15) is 0 Å². The summed E-state index contributed by atoms with van der Waals surface area (Å²) in [5, 5.41) is 7.65. The molecule has 0 aromatic rings. The van der Waals surface area contributed by atoms with Gasteiger partial charge in [0.2, 0.25) is 0 Å². The number of nitrogens with one attached hydrogen (secondary N) is 2. The molecular formula is C8H15N3S3. The van der Waals surface area contributed by atoms with Crippen LogP contribution in [0.3, 0.4) is 0 Å². The van der Waals surface area contributed by atoms with Crippen LogP contribution in [0.5, 0.6) is 0 Å². The third-order valence-electron chi connectivity index (χ3n) is 2.05. The molecule has 0 saturated carbocycles. The third-order valence-corrected chi connectivity index (χ3v) is 5.82. The minimum absolute atomic E-state index is 0.121. The van der Waals surface area contributed by atoms with E-state index in [4.69, 9.17) is 12.2 Å². The molecule has 0 atom stereocenters. The summed E-state index contributed by atoms with van der Waals surface area (Å²) in [5.74, 6) is 2.40. The summed E-state index contributed by atoms with van der Waals surface area (Å²) in [6.07, 6.45) is 0. The molecule has 0 aliphatic carbocycles. The molecular weight excluding hydrogens is 234 g/mol. The zero-order valence-corrected chi connectivity index (χ0v) is 11.0. The average Bonchev–Trinajstić information content (AvgIpc) is 2.62. The Labute approximate surface area is 98.9 Å². The van der Waals surface area contributed by atoms with Crippen LogP contribution in [0.1, 0.15) is 13.8 Å². The molecule has 3 nitrogen and oxygen atoms in total. The summed E-state index contributed by atoms with van der Waals surface area (Å²) in [7, 11) is 1.78. The molecule has 0 spiro atoms. The van der Waals surface area contributed by atoms with Gasteiger partial charge in [0.25, 0.3) is 0 Å². The van der Waals surface area contributed by atoms with Crippen molar-refractivity contribution < 1.29 is 0 Å². The quantitative estimate of drug-likeness (QED) is 0.442. The molecule has 0 aromatic carbocycles. The van der Waals surface area contributed by atoms with Gasteiger partial charge in [-0.1, -0.05) is 0 Å². The molecule has 1 fully saturated rings. The highest BCUT2D eigenvalue weighted by molar-refractivity contribution is 8.22. The van der Waals surface area contributed by atoms with Crippen LogP contribution in [0, 0.1) is 0 Å². The van der Waals surface area contributed by atoms with Gasteiger partial charge in [-0.25, -0.2) is 0 Å². The lowest BCUT2D eigenvalue weighted by atomic mass is 10.3. The number of hydrogen-bond acceptors (Lipinski definition) is 4. The summed E-state index contributed by atoms with van der Waals surface area (Å²) in [6.45, 7) is 4.24. The van der Waals surface area contributed by atoms with Crippen molar-refractivity contribution in [3.63, 3.8) is 0 Å². The van der Waals surface area contributed by atoms with Crippen molar-refractivity contribution in [1.29, 1.82) is 0 Å². The maximum Gasteiger partial charge on any atom is 0.186 e. The maximum absolute atomic E-state index is 4.94. The van der Waals surface area contributed by atoms with E-state index >= 15 is 0 Å². The van der Waals surface area contributed by atoms with E-state index in [-0.39, 0.29) is 4.08 Å². The van der Waals surface area contributed by atoms with Gasteiger partial charge in [-0.2, -0.15) is 5.10 Å². The Morgan fingerprint density at radius 2 is 2.00 bits per heavy atom. The molecule has 0 amide bonds. The Morgan fingerprint density at radius 1 is 1.43 bits per heavy atom. The minimum Gasteiger partial charge on any atom is -0.364 e. The van der Waals surface area contributed by atoms with Crippen LogP contribution in [-0.4, -0.2) is 33.5 Å². The fourth-order valence-electron chi connectivity index (χ4n) is 1.02. The lowest BCUT2D eigenvalue weighted by Gasteiger charge is -2.21. The second-order valence-corrected chi connectivity index (χ2v) is 6.72. The molecule has 80 valence electrons. The van der Waals surface area contributed by atoms with E-state index in [1.807, 2.05) is 30.4 Å². The van der Waals surface area contributed by atoms with E-state index in [0.717, 1.165) is 5.71 Å². The van der Waals surface area contributed by atoms with Gasteiger partial charge in [0.1, 0.15) is 0 Å². The summed E-state index contributed by atoms with van der Waals surface area (Å²) >= 11 is 8.82. The molecule has 14 heavy (non-hydrogen) atoms. The van der Waals surface area contributed by atoms with Gasteiger partial charge < -0.3 is 5.32 Å². The first-order valence-corrected chi connectivity index (χ1v) is 6.77. The van der Waals surface area contributed by atoms with Crippen molar-refractivity contribution in [2.75, 3.05) is 18.6 Å². The topological polar surface area (TPSA) is 36.4 Å². The van der Waals surface area contributed by atoms with Gasteiger partial charge in [0.05, 0.1) is 9.79 Å². The molecule has 6 heteroatoms. The number of nitrogens with zero attached hydrogens (tertiary/aromatic N) is 1. The van der Waals surface area contributed by atoms with Gasteiger partial charge in [-0.05, 0) is 26.1 Å². The minimum atomic E-state index is 0.121. The van der Waals surface area contributed by atoms with Gasteiger partial charge in [-0.3, -0.25) is 5.43 Å². The lowest BCUT2D eigenvalue weighted by molar-refractivity contribution is 0.959. The zero-order chi connectivity index (χ0) is 10.6. The third kappa shape index (κ3) is 3.03. The number of thioether (sulfide) groups is 2. The summed E-state index contributed by atoms with van der Waals surface area (Å²) < 4.78 is 0.121. The van der Waals surface area contributed by atoms with Crippen molar-refractivity contribution in [2.45, 2.75) is 17.9 Å². The normalized spacial score (nSPS) is 20.6. The van der Waals surface area contributed by atoms with Crippen LogP contribution in [0.25, 0.3) is 0 Å². The van der Waals surface area contributed by atoms with Crippen LogP contribution in [0.2, 0.25) is 0 Å². The Bertz CT molecular complexity index is 246. The summed E-state index contributed by atoms with van der Waals surface area (Å²) in [5.41, 5.74) is 3.90. The Morgan fingerprint density at radius 3 is 2.50 bits per heavy atom. The molecule has 0 bridgehead atoms. The molecule has 1 aliphatic rings.